The molecule has 2 bridgehead atoms. The molecular weight excluding hydrogens is 320 g/mol. The lowest BCUT2D eigenvalue weighted by molar-refractivity contribution is -0.227. The van der Waals surface area contributed by atoms with Crippen molar-refractivity contribution in [2.24, 2.45) is 16.7 Å². The van der Waals surface area contributed by atoms with E-state index in [1.54, 1.807) is 0 Å². The fourth-order valence-electron chi connectivity index (χ4n) is 6.57. The molecule has 0 aromatic heterocycles. The van der Waals surface area contributed by atoms with Crippen LogP contribution in [0.1, 0.15) is 58.8 Å². The van der Waals surface area contributed by atoms with Crippen LogP contribution in [0.5, 0.6) is 0 Å². The summed E-state index contributed by atoms with van der Waals surface area (Å²) in [4.78, 5) is 25.0. The number of ether oxygens (including phenoxy) is 3. The van der Waals surface area contributed by atoms with Crippen LogP contribution in [0.2, 0.25) is 0 Å². The van der Waals surface area contributed by atoms with E-state index in [9.17, 15) is 9.59 Å². The molecular formula is C20H26O5. The van der Waals surface area contributed by atoms with Gasteiger partial charge >= 0.3 is 11.9 Å². The van der Waals surface area contributed by atoms with Gasteiger partial charge in [-0.05, 0) is 50.5 Å². The summed E-state index contributed by atoms with van der Waals surface area (Å²) in [6, 6.07) is 0. The van der Waals surface area contributed by atoms with Crippen molar-refractivity contribution in [3.8, 4) is 0 Å². The predicted octanol–water partition coefficient (Wildman–Crippen LogP) is 2.92. The molecule has 5 heteroatoms. The molecule has 0 aromatic carbocycles. The molecule has 25 heavy (non-hydrogen) atoms. The normalized spacial score (nSPS) is 51.3. The zero-order chi connectivity index (χ0) is 17.5. The molecule has 0 radical (unpaired) electrons. The summed E-state index contributed by atoms with van der Waals surface area (Å²) in [7, 11) is 0. The average molecular weight is 346 g/mol. The Hall–Kier alpha value is -1.36. The van der Waals surface area contributed by atoms with Crippen LogP contribution in [-0.4, -0.2) is 36.4 Å². The highest BCUT2D eigenvalue weighted by molar-refractivity contribution is 5.84. The molecule has 0 aromatic rings. The number of hydrogen-bond acceptors (Lipinski definition) is 5. The van der Waals surface area contributed by atoms with Gasteiger partial charge in [-0.2, -0.15) is 0 Å². The van der Waals surface area contributed by atoms with Gasteiger partial charge in [-0.15, -0.1) is 0 Å². The molecule has 5 rings (SSSR count). The molecule has 5 nitrogen and oxygen atoms in total. The molecule has 5 atom stereocenters. The van der Waals surface area contributed by atoms with Gasteiger partial charge in [0.2, 0.25) is 0 Å². The number of hydrogen-bond donors (Lipinski definition) is 0. The predicted molar refractivity (Wildman–Crippen MR) is 88.6 cm³/mol. The van der Waals surface area contributed by atoms with E-state index in [2.05, 4.69) is 13.0 Å². The highest BCUT2D eigenvalue weighted by Gasteiger charge is 2.72. The zero-order valence-corrected chi connectivity index (χ0v) is 15.1. The van der Waals surface area contributed by atoms with Crippen LogP contribution in [0.15, 0.2) is 11.6 Å². The summed E-state index contributed by atoms with van der Waals surface area (Å²) in [6.45, 7) is 5.10. The molecule has 1 unspecified atom stereocenters. The van der Waals surface area contributed by atoms with Crippen LogP contribution < -0.4 is 0 Å². The van der Waals surface area contributed by atoms with Crippen LogP contribution >= 0.6 is 0 Å². The first-order valence-electron chi connectivity index (χ1n) is 9.64. The SMILES string of the molecule is C[C@@H]1CC=C2[C@]3(C)CCC[C@]2(COC3=O)[C@@]12CCC1(CCOC1=O)O2. The Balaban J connectivity index is 1.65. The van der Waals surface area contributed by atoms with E-state index in [1.165, 1.54) is 5.57 Å². The van der Waals surface area contributed by atoms with Crippen molar-refractivity contribution in [3.05, 3.63) is 11.6 Å². The van der Waals surface area contributed by atoms with Gasteiger partial charge in [0.15, 0.2) is 5.60 Å². The minimum Gasteiger partial charge on any atom is -0.464 e. The van der Waals surface area contributed by atoms with Gasteiger partial charge in [0, 0.05) is 6.42 Å². The fraction of sp³-hybridized carbons (Fsp3) is 0.800. The van der Waals surface area contributed by atoms with Crippen LogP contribution in [0, 0.1) is 16.7 Å². The summed E-state index contributed by atoms with van der Waals surface area (Å²) in [5.41, 5.74) is -0.787. The van der Waals surface area contributed by atoms with Gasteiger partial charge in [0.1, 0.15) is 6.61 Å². The summed E-state index contributed by atoms with van der Waals surface area (Å²) >= 11 is 0. The van der Waals surface area contributed by atoms with Crippen molar-refractivity contribution in [2.45, 2.75) is 70.0 Å². The third kappa shape index (κ3) is 1.64. The smallest absolute Gasteiger partial charge is 0.338 e. The average Bonchev–Trinajstić information content (AvgIpc) is 3.15. The van der Waals surface area contributed by atoms with Crippen LogP contribution in [-0.2, 0) is 23.8 Å². The Morgan fingerprint density at radius 3 is 2.64 bits per heavy atom. The summed E-state index contributed by atoms with van der Waals surface area (Å²) in [5, 5.41) is 0. The number of rotatable bonds is 0. The summed E-state index contributed by atoms with van der Waals surface area (Å²) in [5.74, 6) is 0.00500. The van der Waals surface area contributed by atoms with E-state index in [1.807, 2.05) is 6.92 Å². The van der Waals surface area contributed by atoms with E-state index < -0.39 is 16.6 Å². The number of allylic oxidation sites excluding steroid dienone is 1. The largest absolute Gasteiger partial charge is 0.464 e. The minimum absolute atomic E-state index is 0.0910. The minimum atomic E-state index is -0.777. The monoisotopic (exact) mass is 346 g/mol. The maximum Gasteiger partial charge on any atom is 0.338 e. The third-order valence-corrected chi connectivity index (χ3v) is 7.96. The van der Waals surface area contributed by atoms with E-state index in [4.69, 9.17) is 14.2 Å². The van der Waals surface area contributed by atoms with Gasteiger partial charge in [-0.3, -0.25) is 4.79 Å². The molecule has 5 aliphatic rings. The highest BCUT2D eigenvalue weighted by atomic mass is 16.6. The number of cyclic esters (lactones) is 2. The molecule has 3 aliphatic heterocycles. The Kier molecular flexibility index (Phi) is 2.96. The second-order valence-corrected chi connectivity index (χ2v) is 8.97. The Labute approximate surface area is 148 Å². The standard InChI is InChI=1S/C20H26O5/c1-13-4-5-14-17(2)6-3-7-18(14,12-24-15(17)21)20(13)9-8-19(25-20)10-11-23-16(19)22/h5,13H,3-4,6-12H2,1-2H3/t13-,17+,18-,19?,20-/m1/s1. The number of esters is 2. The van der Waals surface area contributed by atoms with Crippen molar-refractivity contribution >= 4 is 11.9 Å². The lowest BCUT2D eigenvalue weighted by atomic mass is 9.47. The molecule has 4 fully saturated rings. The second kappa shape index (κ2) is 4.67. The van der Waals surface area contributed by atoms with Gasteiger partial charge in [0.05, 0.1) is 23.0 Å². The van der Waals surface area contributed by atoms with E-state index >= 15 is 0 Å². The van der Waals surface area contributed by atoms with Gasteiger partial charge in [-0.1, -0.05) is 19.4 Å². The maximum absolute atomic E-state index is 12.6. The second-order valence-electron chi connectivity index (χ2n) is 8.97. The van der Waals surface area contributed by atoms with Crippen LogP contribution in [0.25, 0.3) is 0 Å². The third-order valence-electron chi connectivity index (χ3n) is 7.96. The molecule has 136 valence electrons. The quantitative estimate of drug-likeness (QED) is 0.498. The molecule has 3 saturated heterocycles. The number of carbonyl (C=O) groups is 2. The first-order valence-corrected chi connectivity index (χ1v) is 9.64. The molecule has 3 heterocycles. The van der Waals surface area contributed by atoms with Crippen molar-refractivity contribution in [3.63, 3.8) is 0 Å². The lowest BCUT2D eigenvalue weighted by Gasteiger charge is -2.62. The zero-order valence-electron chi connectivity index (χ0n) is 15.1. The highest BCUT2D eigenvalue weighted by Crippen LogP contribution is 2.68. The van der Waals surface area contributed by atoms with E-state index in [0.29, 0.717) is 25.6 Å². The van der Waals surface area contributed by atoms with Crippen molar-refractivity contribution in [2.75, 3.05) is 13.2 Å². The van der Waals surface area contributed by atoms with Crippen LogP contribution in [0.3, 0.4) is 0 Å². The van der Waals surface area contributed by atoms with Gasteiger partial charge < -0.3 is 14.2 Å². The Morgan fingerprint density at radius 2 is 1.88 bits per heavy atom. The van der Waals surface area contributed by atoms with Crippen LogP contribution in [0.4, 0.5) is 0 Å². The van der Waals surface area contributed by atoms with Crippen molar-refractivity contribution in [1.82, 2.24) is 0 Å². The van der Waals surface area contributed by atoms with Crippen molar-refractivity contribution in [1.29, 1.82) is 0 Å². The first-order chi connectivity index (χ1) is 11.9. The molecule has 0 amide bonds. The fourth-order valence-corrected chi connectivity index (χ4v) is 6.57. The summed E-state index contributed by atoms with van der Waals surface area (Å²) in [6.07, 6.45) is 8.20. The molecule has 0 N–H and O–H groups in total. The van der Waals surface area contributed by atoms with Gasteiger partial charge in [0.25, 0.3) is 0 Å². The topological polar surface area (TPSA) is 61.8 Å². The Bertz CT molecular complexity index is 698. The lowest BCUT2D eigenvalue weighted by Crippen LogP contribution is -2.66. The first kappa shape index (κ1) is 15.9. The molecule has 2 spiro atoms. The van der Waals surface area contributed by atoms with Gasteiger partial charge in [-0.25, -0.2) is 4.79 Å². The van der Waals surface area contributed by atoms with E-state index in [0.717, 1.165) is 38.5 Å². The maximum atomic E-state index is 12.6. The van der Waals surface area contributed by atoms with Crippen molar-refractivity contribution < 1.29 is 23.8 Å². The Morgan fingerprint density at radius 1 is 1.04 bits per heavy atom. The molecule has 1 saturated carbocycles. The van der Waals surface area contributed by atoms with E-state index in [-0.39, 0.29) is 17.4 Å². The summed E-state index contributed by atoms with van der Waals surface area (Å²) < 4.78 is 17.8. The molecule has 2 aliphatic carbocycles. The number of carbonyl (C=O) groups excluding carboxylic acids is 2.